The van der Waals surface area contributed by atoms with E-state index in [-0.39, 0.29) is 44.0 Å². The Hall–Kier alpha value is -3.88. The number of aliphatic hydroxyl groups is 1. The molecule has 2 aliphatic heterocycles. The zero-order valence-corrected chi connectivity index (χ0v) is 34.7. The monoisotopic (exact) mass is 835 g/mol. The van der Waals surface area contributed by atoms with Gasteiger partial charge < -0.3 is 15.2 Å². The highest BCUT2D eigenvalue weighted by molar-refractivity contribution is 6.93. The predicted octanol–water partition coefficient (Wildman–Crippen LogP) is 8.84. The van der Waals surface area contributed by atoms with Crippen molar-refractivity contribution in [2.24, 2.45) is 0 Å². The largest absolute Gasteiger partial charge is 0.534 e. The first-order chi connectivity index (χ1) is 27.4. The fraction of sp³-hybridized carbons (Fsp3) is 0.571. The van der Waals surface area contributed by atoms with E-state index in [2.05, 4.69) is 59.3 Å². The van der Waals surface area contributed by atoms with Crippen molar-refractivity contribution in [3.63, 3.8) is 0 Å². The Morgan fingerprint density at radius 3 is 1.37 bits per heavy atom. The Morgan fingerprint density at radius 2 is 1.02 bits per heavy atom. The molecule has 2 heterocycles. The molecule has 316 valence electrons. The molecule has 2 aromatic rings. The van der Waals surface area contributed by atoms with Crippen molar-refractivity contribution in [1.29, 1.82) is 0 Å². The summed E-state index contributed by atoms with van der Waals surface area (Å²) < 4.78 is 3.99. The summed E-state index contributed by atoms with van der Waals surface area (Å²) in [5, 5.41) is 21.6. The maximum atomic E-state index is 11.4. The van der Waals surface area contributed by atoms with Crippen LogP contribution in [0.2, 0.25) is 0 Å². The number of nitrogens with one attached hydrogen (secondary N) is 1. The minimum Gasteiger partial charge on any atom is -0.428 e. The Kier molecular flexibility index (Phi) is 24.6. The number of carbonyl (C=O) groups excluding carboxylic acids is 6. The molecule has 0 aromatic heterocycles. The molecular formula is C42H59Cl2N3O10. The van der Waals surface area contributed by atoms with Gasteiger partial charge in [0, 0.05) is 37.8 Å². The van der Waals surface area contributed by atoms with Crippen molar-refractivity contribution < 1.29 is 48.7 Å². The van der Waals surface area contributed by atoms with Gasteiger partial charge in [-0.15, -0.1) is 0 Å². The molecule has 15 heteroatoms. The average molecular weight is 837 g/mol. The Morgan fingerprint density at radius 1 is 0.649 bits per heavy atom. The molecule has 2 saturated carbocycles. The molecule has 0 bridgehead atoms. The summed E-state index contributed by atoms with van der Waals surface area (Å²) >= 11 is 8.80. The number of benzene rings is 2. The van der Waals surface area contributed by atoms with E-state index in [4.69, 9.17) is 19.8 Å². The second kappa shape index (κ2) is 28.5. The number of ether oxygens (including phenoxy) is 1. The molecule has 4 amide bonds. The van der Waals surface area contributed by atoms with Gasteiger partial charge in [0.25, 0.3) is 23.6 Å². The van der Waals surface area contributed by atoms with E-state index in [1.807, 2.05) is 36.4 Å². The summed E-state index contributed by atoms with van der Waals surface area (Å²) in [6.45, 7) is 4.45. The molecule has 2 aliphatic carbocycles. The van der Waals surface area contributed by atoms with Crippen LogP contribution in [-0.2, 0) is 54.8 Å². The average Bonchev–Trinajstić information content (AvgIpc) is 3.69. The highest BCUT2D eigenvalue weighted by Gasteiger charge is 2.33. The van der Waals surface area contributed by atoms with Crippen molar-refractivity contribution >= 4 is 57.7 Å². The molecule has 0 spiro atoms. The second-order valence-corrected chi connectivity index (χ2v) is 15.0. The summed E-state index contributed by atoms with van der Waals surface area (Å²) in [6.07, 6.45) is 18.3. The van der Waals surface area contributed by atoms with Gasteiger partial charge in [-0.05, 0) is 84.0 Å². The lowest BCUT2D eigenvalue weighted by Crippen LogP contribution is -2.40. The van der Waals surface area contributed by atoms with Crippen LogP contribution < -0.4 is 5.32 Å². The third-order valence-electron chi connectivity index (χ3n) is 9.54. The first kappa shape index (κ1) is 49.3. The van der Waals surface area contributed by atoms with Crippen LogP contribution in [0.25, 0.3) is 0 Å². The number of rotatable bonds is 10. The van der Waals surface area contributed by atoms with Gasteiger partial charge in [-0.3, -0.25) is 34.0 Å². The molecule has 57 heavy (non-hydrogen) atoms. The van der Waals surface area contributed by atoms with E-state index < -0.39 is 34.5 Å². The molecule has 2 aromatic carbocycles. The number of nitrogens with zero attached hydrogens (tertiary/aromatic N) is 2. The number of hydrogen-bond donors (Lipinski definition) is 3. The van der Waals surface area contributed by atoms with Gasteiger partial charge in [0.2, 0.25) is 0 Å². The van der Waals surface area contributed by atoms with E-state index in [1.54, 1.807) is 0 Å². The third-order valence-corrected chi connectivity index (χ3v) is 9.54. The van der Waals surface area contributed by atoms with Crippen molar-refractivity contribution in [2.75, 3.05) is 0 Å². The van der Waals surface area contributed by atoms with Gasteiger partial charge >= 0.3 is 10.9 Å². The van der Waals surface area contributed by atoms with Gasteiger partial charge in [0.15, 0.2) is 0 Å². The number of hydrogen-bond acceptors (Lipinski definition) is 11. The van der Waals surface area contributed by atoms with Crippen molar-refractivity contribution in [3.8, 4) is 0 Å². The van der Waals surface area contributed by atoms with Crippen molar-refractivity contribution in [3.05, 3.63) is 70.8 Å². The van der Waals surface area contributed by atoms with E-state index in [0.29, 0.717) is 5.06 Å². The van der Waals surface area contributed by atoms with Crippen LogP contribution in [0.4, 0.5) is 9.59 Å². The lowest BCUT2D eigenvalue weighted by atomic mass is 9.91. The zero-order valence-electron chi connectivity index (χ0n) is 33.2. The first-order valence-electron chi connectivity index (χ1n) is 20.0. The molecular weight excluding hydrogens is 777 g/mol. The summed E-state index contributed by atoms with van der Waals surface area (Å²) in [7, 11) is 0. The number of halogens is 2. The molecule has 13 nitrogen and oxygen atoms in total. The number of amides is 4. The highest BCUT2D eigenvalue weighted by atomic mass is 35.5. The Balaban J connectivity index is 0.000000268. The lowest BCUT2D eigenvalue weighted by Gasteiger charge is -2.30. The predicted molar refractivity (Wildman–Crippen MR) is 216 cm³/mol. The van der Waals surface area contributed by atoms with Crippen LogP contribution in [0.15, 0.2) is 48.5 Å². The third kappa shape index (κ3) is 20.9. The molecule has 0 unspecified atom stereocenters. The minimum atomic E-state index is -1.06. The summed E-state index contributed by atoms with van der Waals surface area (Å²) in [5.41, 5.74) is 4.37. The number of aliphatic hydroxyl groups excluding tert-OH is 1. The maximum Gasteiger partial charge on any atom is 0.534 e. The number of carbonyl (C=O) groups is 6. The highest BCUT2D eigenvalue weighted by Crippen LogP contribution is 2.22. The second-order valence-electron chi connectivity index (χ2n) is 14.2. The summed E-state index contributed by atoms with van der Waals surface area (Å²) in [6, 6.07) is 17.5. The number of hydroxylamine groups is 4. The van der Waals surface area contributed by atoms with Crippen LogP contribution >= 0.6 is 23.2 Å². The molecule has 6 rings (SSSR count). The Bertz CT molecular complexity index is 1480. The summed E-state index contributed by atoms with van der Waals surface area (Å²) in [4.78, 5) is 68.0. The topological polar surface area (TPSA) is 180 Å². The van der Waals surface area contributed by atoms with E-state index in [9.17, 15) is 24.0 Å². The Labute approximate surface area is 346 Å². The molecule has 0 radical (unpaired) electrons. The SMILES string of the molecule is C1CCC(NC2CCCCC2)CC1.CCCc1ccc(CO)cc1.CCCc1ccc(COC(=O)ON2C(=O)CCC2=O)cc1.O=C(Cl)Cl.O=C1CCC(=O)N1O. The van der Waals surface area contributed by atoms with Crippen molar-refractivity contribution in [2.45, 2.75) is 155 Å². The molecule has 4 fully saturated rings. The van der Waals surface area contributed by atoms with Gasteiger partial charge in [-0.25, -0.2) is 4.79 Å². The van der Waals surface area contributed by atoms with E-state index in [0.717, 1.165) is 42.5 Å². The zero-order chi connectivity index (χ0) is 42.0. The molecule has 0 atom stereocenters. The van der Waals surface area contributed by atoms with Crippen molar-refractivity contribution in [1.82, 2.24) is 15.4 Å². The van der Waals surface area contributed by atoms with E-state index in [1.165, 1.54) is 81.8 Å². The van der Waals surface area contributed by atoms with Gasteiger partial charge in [-0.1, -0.05) is 119 Å². The van der Waals surface area contributed by atoms with Crippen LogP contribution in [0.5, 0.6) is 0 Å². The fourth-order valence-electron chi connectivity index (χ4n) is 6.53. The fourth-order valence-corrected chi connectivity index (χ4v) is 6.53. The van der Waals surface area contributed by atoms with Gasteiger partial charge in [-0.2, -0.15) is 5.06 Å². The molecule has 4 aliphatic rings. The smallest absolute Gasteiger partial charge is 0.428 e. The minimum absolute atomic E-state index is 0.0292. The van der Waals surface area contributed by atoms with Crippen LogP contribution in [0.1, 0.15) is 139 Å². The quantitative estimate of drug-likeness (QED) is 0.0901. The summed E-state index contributed by atoms with van der Waals surface area (Å²) in [5.74, 6) is -2.06. The number of imide groups is 2. The lowest BCUT2D eigenvalue weighted by molar-refractivity contribution is -0.177. The van der Waals surface area contributed by atoms with Crippen LogP contribution in [0.3, 0.4) is 0 Å². The molecule has 2 saturated heterocycles. The van der Waals surface area contributed by atoms with Crippen LogP contribution in [-0.4, -0.2) is 67.0 Å². The maximum absolute atomic E-state index is 11.4. The van der Waals surface area contributed by atoms with E-state index >= 15 is 0 Å². The first-order valence-corrected chi connectivity index (χ1v) is 20.7. The standard InChI is InChI=1S/C15H17NO5.C12H23N.C10H14O.C4H5NO3.CCl2O/c1-2-3-11-4-6-12(7-5-11)10-20-15(19)21-16-13(17)8-9-14(16)18;1-3-7-11(8-4-1)13-12-9-5-2-6-10-12;1-2-3-9-4-6-10(8-11)7-5-9;6-3-1-2-4(7)5(3)8;2-1(3)4/h4-7H,2-3,8-10H2,1H3;11-13H,1-10H2;4-7,11H,2-3,8H2,1H3;8H,1-2H2;. The molecule has 3 N–H and O–H groups in total. The number of aryl methyl sites for hydroxylation is 2. The van der Waals surface area contributed by atoms with Crippen LogP contribution in [0, 0.1) is 0 Å². The van der Waals surface area contributed by atoms with Gasteiger partial charge in [0.05, 0.1) is 6.61 Å². The van der Waals surface area contributed by atoms with Gasteiger partial charge in [0.1, 0.15) is 6.61 Å². The normalized spacial score (nSPS) is 16.9.